The van der Waals surface area contributed by atoms with Gasteiger partial charge in [-0.1, -0.05) is 30.3 Å². The van der Waals surface area contributed by atoms with Crippen molar-refractivity contribution in [2.24, 2.45) is 0 Å². The number of benzene rings is 1. The second-order valence-electron chi connectivity index (χ2n) is 5.62. The molecular formula is C16H23ClN4. The van der Waals surface area contributed by atoms with E-state index in [9.17, 15) is 0 Å². The zero-order valence-electron chi connectivity index (χ0n) is 12.4. The van der Waals surface area contributed by atoms with Crippen LogP contribution in [0.4, 0.5) is 0 Å². The minimum Gasteiger partial charge on any atom is -0.312 e. The van der Waals surface area contributed by atoms with Crippen LogP contribution in [0.15, 0.2) is 42.7 Å². The van der Waals surface area contributed by atoms with E-state index < -0.39 is 0 Å². The normalized spacial score (nSPS) is 19.2. The van der Waals surface area contributed by atoms with E-state index >= 15 is 0 Å². The van der Waals surface area contributed by atoms with Gasteiger partial charge >= 0.3 is 0 Å². The number of nitrogens with zero attached hydrogens (tertiary/aromatic N) is 3. The van der Waals surface area contributed by atoms with Crippen LogP contribution < -0.4 is 5.32 Å². The number of halogens is 1. The molecule has 1 aromatic heterocycles. The van der Waals surface area contributed by atoms with Gasteiger partial charge in [0.1, 0.15) is 0 Å². The van der Waals surface area contributed by atoms with Gasteiger partial charge in [0.15, 0.2) is 0 Å². The Morgan fingerprint density at radius 3 is 2.76 bits per heavy atom. The predicted molar refractivity (Wildman–Crippen MR) is 87.8 cm³/mol. The van der Waals surface area contributed by atoms with E-state index in [1.165, 1.54) is 11.1 Å². The van der Waals surface area contributed by atoms with Crippen molar-refractivity contribution in [2.45, 2.75) is 26.1 Å². The molecule has 114 valence electrons. The number of hydrogen-bond acceptors (Lipinski definition) is 3. The van der Waals surface area contributed by atoms with E-state index in [-0.39, 0.29) is 12.4 Å². The van der Waals surface area contributed by atoms with E-state index in [4.69, 9.17) is 0 Å². The van der Waals surface area contributed by atoms with Gasteiger partial charge in [0.25, 0.3) is 0 Å². The van der Waals surface area contributed by atoms with Crippen molar-refractivity contribution in [1.82, 2.24) is 20.0 Å². The molecule has 4 nitrogen and oxygen atoms in total. The van der Waals surface area contributed by atoms with Gasteiger partial charge in [-0.05, 0) is 12.5 Å². The molecule has 1 aliphatic rings. The molecule has 1 saturated heterocycles. The molecule has 1 fully saturated rings. The molecule has 0 saturated carbocycles. The summed E-state index contributed by atoms with van der Waals surface area (Å²) in [6.07, 6.45) is 4.16. The first kappa shape index (κ1) is 16.0. The van der Waals surface area contributed by atoms with E-state index in [2.05, 4.69) is 52.7 Å². The van der Waals surface area contributed by atoms with Gasteiger partial charge in [-0.3, -0.25) is 9.58 Å². The van der Waals surface area contributed by atoms with Crippen LogP contribution >= 0.6 is 12.4 Å². The fraction of sp³-hybridized carbons (Fsp3) is 0.438. The van der Waals surface area contributed by atoms with Crippen molar-refractivity contribution in [3.8, 4) is 0 Å². The van der Waals surface area contributed by atoms with E-state index in [0.717, 1.165) is 32.7 Å². The average Bonchev–Trinajstić information content (AvgIpc) is 2.87. The lowest BCUT2D eigenvalue weighted by molar-refractivity contribution is 0.199. The molecule has 5 heteroatoms. The fourth-order valence-corrected chi connectivity index (χ4v) is 2.76. The molecule has 0 aliphatic carbocycles. The summed E-state index contributed by atoms with van der Waals surface area (Å²) in [7, 11) is 0. The second kappa shape index (κ2) is 7.59. The molecule has 21 heavy (non-hydrogen) atoms. The van der Waals surface area contributed by atoms with Gasteiger partial charge in [-0.15, -0.1) is 12.4 Å². The minimum absolute atomic E-state index is 0. The molecular weight excluding hydrogens is 284 g/mol. The van der Waals surface area contributed by atoms with Crippen molar-refractivity contribution in [3.05, 3.63) is 53.9 Å². The lowest BCUT2D eigenvalue weighted by atomic mass is 10.2. The molecule has 1 aromatic carbocycles. The largest absolute Gasteiger partial charge is 0.312 e. The highest BCUT2D eigenvalue weighted by atomic mass is 35.5. The van der Waals surface area contributed by atoms with Gasteiger partial charge < -0.3 is 5.32 Å². The van der Waals surface area contributed by atoms with Crippen LogP contribution in [0.25, 0.3) is 0 Å². The summed E-state index contributed by atoms with van der Waals surface area (Å²) in [5.41, 5.74) is 2.59. The predicted octanol–water partition coefficient (Wildman–Crippen LogP) is 2.15. The molecule has 1 unspecified atom stereocenters. The van der Waals surface area contributed by atoms with Crippen molar-refractivity contribution in [1.29, 1.82) is 0 Å². The first-order chi connectivity index (χ1) is 9.79. The lowest BCUT2D eigenvalue weighted by Crippen LogP contribution is -2.48. The maximum Gasteiger partial charge on any atom is 0.0659 e. The van der Waals surface area contributed by atoms with Crippen molar-refractivity contribution in [3.63, 3.8) is 0 Å². The Kier molecular flexibility index (Phi) is 5.79. The molecule has 1 atom stereocenters. The van der Waals surface area contributed by atoms with Crippen LogP contribution in [-0.2, 0) is 13.1 Å². The van der Waals surface area contributed by atoms with E-state index in [0.29, 0.717) is 6.04 Å². The summed E-state index contributed by atoms with van der Waals surface area (Å²) in [4.78, 5) is 2.49. The van der Waals surface area contributed by atoms with Crippen LogP contribution in [0.3, 0.4) is 0 Å². The minimum atomic E-state index is 0. The molecule has 0 bridgehead atoms. The van der Waals surface area contributed by atoms with Crippen LogP contribution in [0.5, 0.6) is 0 Å². The van der Waals surface area contributed by atoms with Crippen molar-refractivity contribution < 1.29 is 0 Å². The summed E-state index contributed by atoms with van der Waals surface area (Å²) < 4.78 is 2.02. The average molecular weight is 307 g/mol. The van der Waals surface area contributed by atoms with Gasteiger partial charge in [0.2, 0.25) is 0 Å². The summed E-state index contributed by atoms with van der Waals surface area (Å²) in [6.45, 7) is 7.40. The molecule has 2 aromatic rings. The molecule has 0 amide bonds. The SMILES string of the molecule is CC1CN(Cc2cnn(Cc3ccccc3)c2)CCN1.Cl. The number of piperazine rings is 1. The van der Waals surface area contributed by atoms with Gasteiger partial charge in [0.05, 0.1) is 12.7 Å². The van der Waals surface area contributed by atoms with Crippen molar-refractivity contribution in [2.75, 3.05) is 19.6 Å². The first-order valence-electron chi connectivity index (χ1n) is 7.30. The fourth-order valence-electron chi connectivity index (χ4n) is 2.76. The first-order valence-corrected chi connectivity index (χ1v) is 7.30. The summed E-state index contributed by atoms with van der Waals surface area (Å²) >= 11 is 0. The summed E-state index contributed by atoms with van der Waals surface area (Å²) in [5, 5.41) is 7.94. The molecule has 3 rings (SSSR count). The Morgan fingerprint density at radius 2 is 2.00 bits per heavy atom. The van der Waals surface area contributed by atoms with Crippen LogP contribution in [0.1, 0.15) is 18.1 Å². The molecule has 0 radical (unpaired) electrons. The van der Waals surface area contributed by atoms with Gasteiger partial charge in [0, 0.05) is 44.0 Å². The maximum absolute atomic E-state index is 4.47. The Morgan fingerprint density at radius 1 is 1.19 bits per heavy atom. The summed E-state index contributed by atoms with van der Waals surface area (Å²) in [6, 6.07) is 11.1. The number of rotatable bonds is 4. The Balaban J connectivity index is 0.00000161. The highest BCUT2D eigenvalue weighted by Gasteiger charge is 2.15. The third kappa shape index (κ3) is 4.56. The Bertz CT molecular complexity index is 540. The second-order valence-corrected chi connectivity index (χ2v) is 5.62. The quantitative estimate of drug-likeness (QED) is 0.939. The smallest absolute Gasteiger partial charge is 0.0659 e. The highest BCUT2D eigenvalue weighted by Crippen LogP contribution is 2.08. The maximum atomic E-state index is 4.47. The summed E-state index contributed by atoms with van der Waals surface area (Å²) in [5.74, 6) is 0. The van der Waals surface area contributed by atoms with Crippen LogP contribution in [0, 0.1) is 0 Å². The zero-order chi connectivity index (χ0) is 13.8. The molecule has 1 N–H and O–H groups in total. The molecule has 1 aliphatic heterocycles. The van der Waals surface area contributed by atoms with Gasteiger partial charge in [-0.2, -0.15) is 5.10 Å². The van der Waals surface area contributed by atoms with E-state index in [1.807, 2.05) is 16.9 Å². The standard InChI is InChI=1S/C16H22N4.ClH/c1-14-10-19(8-7-17-14)11-16-9-18-20(13-16)12-15-5-3-2-4-6-15;/h2-6,9,13-14,17H,7-8,10-12H2,1H3;1H. The third-order valence-electron chi connectivity index (χ3n) is 3.73. The van der Waals surface area contributed by atoms with Crippen molar-refractivity contribution >= 4 is 12.4 Å². The number of aromatic nitrogens is 2. The topological polar surface area (TPSA) is 33.1 Å². The van der Waals surface area contributed by atoms with Crippen LogP contribution in [-0.4, -0.2) is 40.4 Å². The highest BCUT2D eigenvalue weighted by molar-refractivity contribution is 5.85. The third-order valence-corrected chi connectivity index (χ3v) is 3.73. The molecule has 0 spiro atoms. The van der Waals surface area contributed by atoms with Crippen LogP contribution in [0.2, 0.25) is 0 Å². The number of nitrogens with one attached hydrogen (secondary N) is 1. The molecule has 2 heterocycles. The number of hydrogen-bond donors (Lipinski definition) is 1. The Labute approximate surface area is 132 Å². The monoisotopic (exact) mass is 306 g/mol. The Hall–Kier alpha value is -1.36. The van der Waals surface area contributed by atoms with Gasteiger partial charge in [-0.25, -0.2) is 0 Å². The lowest BCUT2D eigenvalue weighted by Gasteiger charge is -2.31. The van der Waals surface area contributed by atoms with E-state index in [1.54, 1.807) is 0 Å². The zero-order valence-corrected chi connectivity index (χ0v) is 13.2.